The molecule has 1 atom stereocenters. The van der Waals surface area contributed by atoms with Crippen LogP contribution in [0, 0.1) is 0 Å². The molecular formula is C11H19NOS. The minimum Gasteiger partial charge on any atom is -0.248 e. The molecular weight excluding hydrogens is 194 g/mol. The summed E-state index contributed by atoms with van der Waals surface area (Å²) in [5.41, 5.74) is 0. The van der Waals surface area contributed by atoms with Gasteiger partial charge < -0.3 is 0 Å². The number of unbranched alkanes of at least 4 members (excludes halogenated alkanes) is 2. The molecule has 0 radical (unpaired) electrons. The minimum atomic E-state index is -1.33. The Morgan fingerprint density at radius 3 is 1.86 bits per heavy atom. The maximum absolute atomic E-state index is 10.5. The summed E-state index contributed by atoms with van der Waals surface area (Å²) in [5.74, 6) is 0. The molecule has 1 aromatic carbocycles. The zero-order valence-electron chi connectivity index (χ0n) is 8.90. The van der Waals surface area contributed by atoms with Crippen LogP contribution in [0.2, 0.25) is 0 Å². The molecule has 1 rings (SSSR count). The van der Waals surface area contributed by atoms with Crippen molar-refractivity contribution in [1.82, 2.24) is 0 Å². The summed E-state index contributed by atoms with van der Waals surface area (Å²) in [6.07, 6.45) is 4.08. The normalized spacial score (nSPS) is 11.4. The van der Waals surface area contributed by atoms with E-state index < -0.39 is 11.0 Å². The van der Waals surface area contributed by atoms with Crippen LogP contribution in [0.1, 0.15) is 33.1 Å². The molecule has 1 unspecified atom stereocenters. The van der Waals surface area contributed by atoms with E-state index in [0.29, 0.717) is 4.90 Å². The smallest absolute Gasteiger partial charge is 0.122 e. The van der Waals surface area contributed by atoms with Gasteiger partial charge in [-0.25, -0.2) is 9.35 Å². The van der Waals surface area contributed by atoms with E-state index in [1.807, 2.05) is 6.07 Å². The number of nitrogens with two attached hydrogens (primary N) is 1. The number of hydrogen-bond acceptors (Lipinski definition) is 1. The van der Waals surface area contributed by atoms with Gasteiger partial charge in [-0.1, -0.05) is 51.3 Å². The van der Waals surface area contributed by atoms with Gasteiger partial charge in [0.2, 0.25) is 0 Å². The first-order valence-corrected chi connectivity index (χ1v) is 6.14. The highest BCUT2D eigenvalue weighted by Crippen LogP contribution is 1.99. The van der Waals surface area contributed by atoms with E-state index in [9.17, 15) is 4.21 Å². The van der Waals surface area contributed by atoms with Crippen LogP contribution in [0.4, 0.5) is 0 Å². The molecule has 0 spiro atoms. The third-order valence-electron chi connectivity index (χ3n) is 1.68. The van der Waals surface area contributed by atoms with E-state index in [0.717, 1.165) is 0 Å². The SMILES string of the molecule is CCCCC.NS(=O)c1ccccc1. The van der Waals surface area contributed by atoms with Crippen molar-refractivity contribution in [2.75, 3.05) is 0 Å². The van der Waals surface area contributed by atoms with Gasteiger partial charge in [0.25, 0.3) is 0 Å². The largest absolute Gasteiger partial charge is 0.248 e. The van der Waals surface area contributed by atoms with Gasteiger partial charge in [0.05, 0.1) is 4.90 Å². The maximum atomic E-state index is 10.5. The van der Waals surface area contributed by atoms with E-state index >= 15 is 0 Å². The van der Waals surface area contributed by atoms with Gasteiger partial charge in [-0.05, 0) is 12.1 Å². The van der Waals surface area contributed by atoms with Gasteiger partial charge in [-0.15, -0.1) is 0 Å². The van der Waals surface area contributed by atoms with Gasteiger partial charge in [-0.2, -0.15) is 0 Å². The highest BCUT2D eigenvalue weighted by Gasteiger charge is 1.91. The third-order valence-corrected chi connectivity index (χ3v) is 2.42. The molecule has 0 aliphatic carbocycles. The summed E-state index contributed by atoms with van der Waals surface area (Å²) >= 11 is 0. The average molecular weight is 213 g/mol. The van der Waals surface area contributed by atoms with Gasteiger partial charge in [-0.3, -0.25) is 0 Å². The first kappa shape index (κ1) is 13.3. The maximum Gasteiger partial charge on any atom is 0.122 e. The minimum absolute atomic E-state index is 0.664. The third kappa shape index (κ3) is 6.80. The van der Waals surface area contributed by atoms with Crippen molar-refractivity contribution in [1.29, 1.82) is 0 Å². The Bertz CT molecular complexity index is 247. The molecule has 0 bridgehead atoms. The van der Waals surface area contributed by atoms with Crippen molar-refractivity contribution in [3.63, 3.8) is 0 Å². The molecule has 0 saturated carbocycles. The van der Waals surface area contributed by atoms with Crippen molar-refractivity contribution < 1.29 is 4.21 Å². The fourth-order valence-corrected chi connectivity index (χ4v) is 1.33. The van der Waals surface area contributed by atoms with Gasteiger partial charge >= 0.3 is 0 Å². The molecule has 0 aliphatic rings. The fraction of sp³-hybridized carbons (Fsp3) is 0.455. The summed E-state index contributed by atoms with van der Waals surface area (Å²) in [5, 5.41) is 5.09. The lowest BCUT2D eigenvalue weighted by Gasteiger charge is -1.90. The zero-order valence-corrected chi connectivity index (χ0v) is 9.72. The summed E-state index contributed by atoms with van der Waals surface area (Å²) < 4.78 is 10.5. The lowest BCUT2D eigenvalue weighted by Crippen LogP contribution is -2.01. The topological polar surface area (TPSA) is 43.1 Å². The average Bonchev–Trinajstić information content (AvgIpc) is 2.21. The Labute approximate surface area is 89.1 Å². The molecule has 0 fully saturated rings. The molecule has 80 valence electrons. The highest BCUT2D eigenvalue weighted by molar-refractivity contribution is 7.82. The predicted molar refractivity (Wildman–Crippen MR) is 62.2 cm³/mol. The monoisotopic (exact) mass is 213 g/mol. The van der Waals surface area contributed by atoms with E-state index in [1.165, 1.54) is 19.3 Å². The Hall–Kier alpha value is -0.670. The molecule has 0 amide bonds. The van der Waals surface area contributed by atoms with Crippen LogP contribution in [0.15, 0.2) is 35.2 Å². The van der Waals surface area contributed by atoms with Crippen LogP contribution in [0.3, 0.4) is 0 Å². The van der Waals surface area contributed by atoms with Crippen LogP contribution >= 0.6 is 0 Å². The summed E-state index contributed by atoms with van der Waals surface area (Å²) in [4.78, 5) is 0.664. The van der Waals surface area contributed by atoms with E-state index in [4.69, 9.17) is 5.14 Å². The second-order valence-corrected chi connectivity index (χ2v) is 4.03. The first-order valence-electron chi connectivity index (χ1n) is 4.93. The molecule has 14 heavy (non-hydrogen) atoms. The van der Waals surface area contributed by atoms with Crippen LogP contribution in [-0.4, -0.2) is 4.21 Å². The molecule has 0 saturated heterocycles. The molecule has 2 nitrogen and oxygen atoms in total. The van der Waals surface area contributed by atoms with Crippen molar-refractivity contribution in [3.8, 4) is 0 Å². The summed E-state index contributed by atoms with van der Waals surface area (Å²) in [6, 6.07) is 8.93. The Balaban J connectivity index is 0.000000292. The lowest BCUT2D eigenvalue weighted by molar-refractivity contribution is 0.684. The summed E-state index contributed by atoms with van der Waals surface area (Å²) in [7, 11) is -1.33. The predicted octanol–water partition coefficient (Wildman–Crippen LogP) is 2.86. The molecule has 0 aromatic heterocycles. The molecule has 3 heteroatoms. The quantitative estimate of drug-likeness (QED) is 0.824. The Morgan fingerprint density at radius 1 is 1.14 bits per heavy atom. The molecule has 2 N–H and O–H groups in total. The fourth-order valence-electron chi connectivity index (χ4n) is 0.908. The molecule has 1 aromatic rings. The highest BCUT2D eigenvalue weighted by atomic mass is 32.2. The van der Waals surface area contributed by atoms with Crippen molar-refractivity contribution >= 4 is 11.0 Å². The zero-order chi connectivity index (χ0) is 10.8. The standard InChI is InChI=1S/C6H7NOS.C5H12/c7-9(8)6-4-2-1-3-5-6;1-3-5-4-2/h1-5H,7H2;3-5H2,1-2H3. The van der Waals surface area contributed by atoms with Crippen molar-refractivity contribution in [2.45, 2.75) is 38.0 Å². The molecule has 0 heterocycles. The van der Waals surface area contributed by atoms with Gasteiger partial charge in [0.15, 0.2) is 0 Å². The lowest BCUT2D eigenvalue weighted by atomic mass is 10.3. The van der Waals surface area contributed by atoms with Crippen LogP contribution in [-0.2, 0) is 11.0 Å². The van der Waals surface area contributed by atoms with E-state index in [-0.39, 0.29) is 0 Å². The van der Waals surface area contributed by atoms with Crippen LogP contribution in [0.5, 0.6) is 0 Å². The van der Waals surface area contributed by atoms with E-state index in [2.05, 4.69) is 13.8 Å². The van der Waals surface area contributed by atoms with Crippen molar-refractivity contribution in [3.05, 3.63) is 30.3 Å². The van der Waals surface area contributed by atoms with Crippen LogP contribution < -0.4 is 5.14 Å². The van der Waals surface area contributed by atoms with Crippen LogP contribution in [0.25, 0.3) is 0 Å². The second kappa shape index (κ2) is 8.91. The van der Waals surface area contributed by atoms with Gasteiger partial charge in [0.1, 0.15) is 11.0 Å². The number of benzene rings is 1. The first-order chi connectivity index (χ1) is 6.72. The summed E-state index contributed by atoms with van der Waals surface area (Å²) in [6.45, 7) is 4.42. The van der Waals surface area contributed by atoms with Gasteiger partial charge in [0, 0.05) is 0 Å². The second-order valence-electron chi connectivity index (χ2n) is 2.96. The Morgan fingerprint density at radius 2 is 1.64 bits per heavy atom. The van der Waals surface area contributed by atoms with E-state index in [1.54, 1.807) is 24.3 Å². The number of hydrogen-bond donors (Lipinski definition) is 1. The Kier molecular flexibility index (Phi) is 8.48. The molecule has 0 aliphatic heterocycles. The number of rotatable bonds is 3. The van der Waals surface area contributed by atoms with Crippen molar-refractivity contribution in [2.24, 2.45) is 5.14 Å².